The summed E-state index contributed by atoms with van der Waals surface area (Å²) in [5, 5.41) is 5.84. The monoisotopic (exact) mass is 289 g/mol. The van der Waals surface area contributed by atoms with Gasteiger partial charge in [-0.1, -0.05) is 36.2 Å². The molecule has 0 amide bonds. The van der Waals surface area contributed by atoms with Gasteiger partial charge in [-0.05, 0) is 31.0 Å². The van der Waals surface area contributed by atoms with Crippen LogP contribution in [0.2, 0.25) is 10.0 Å². The molecule has 0 aliphatic carbocycles. The normalized spacial score (nSPS) is 26.1. The maximum absolute atomic E-state index is 6.21. The first kappa shape index (κ1) is 13.5. The van der Waals surface area contributed by atoms with Crippen molar-refractivity contribution in [2.45, 2.75) is 37.6 Å². The van der Waals surface area contributed by atoms with E-state index in [1.807, 2.05) is 30.0 Å². The Bertz CT molecular complexity index is 397. The van der Waals surface area contributed by atoms with Crippen molar-refractivity contribution in [3.8, 4) is 0 Å². The van der Waals surface area contributed by atoms with E-state index >= 15 is 0 Å². The van der Waals surface area contributed by atoms with E-state index in [1.54, 1.807) is 0 Å². The van der Waals surface area contributed by atoms with Gasteiger partial charge in [0.05, 0.1) is 0 Å². The van der Waals surface area contributed by atoms with Gasteiger partial charge < -0.3 is 5.32 Å². The number of halogens is 2. The highest BCUT2D eigenvalue weighted by Gasteiger charge is 2.23. The van der Waals surface area contributed by atoms with Crippen molar-refractivity contribution < 1.29 is 0 Å². The van der Waals surface area contributed by atoms with Gasteiger partial charge >= 0.3 is 0 Å². The molecule has 0 aromatic heterocycles. The molecular formula is C13H17Cl2NS. The molecule has 3 unspecified atom stereocenters. The molecule has 1 fully saturated rings. The molecule has 4 heteroatoms. The van der Waals surface area contributed by atoms with Crippen LogP contribution in [0.1, 0.15) is 31.9 Å². The highest BCUT2D eigenvalue weighted by molar-refractivity contribution is 8.00. The Kier molecular flexibility index (Phi) is 4.65. The van der Waals surface area contributed by atoms with Crippen molar-refractivity contribution in [2.24, 2.45) is 0 Å². The van der Waals surface area contributed by atoms with E-state index in [0.717, 1.165) is 15.8 Å². The summed E-state index contributed by atoms with van der Waals surface area (Å²) in [6.07, 6.45) is 1.24. The van der Waals surface area contributed by atoms with E-state index in [4.69, 9.17) is 23.2 Å². The van der Waals surface area contributed by atoms with Crippen LogP contribution in [0, 0.1) is 0 Å². The molecule has 1 aliphatic rings. The third-order valence-electron chi connectivity index (χ3n) is 3.11. The predicted molar refractivity (Wildman–Crippen MR) is 78.3 cm³/mol. The number of hydrogen-bond acceptors (Lipinski definition) is 2. The number of nitrogens with one attached hydrogen (secondary N) is 1. The van der Waals surface area contributed by atoms with Gasteiger partial charge in [0.1, 0.15) is 0 Å². The van der Waals surface area contributed by atoms with Crippen LogP contribution in [0.15, 0.2) is 18.2 Å². The Morgan fingerprint density at radius 3 is 2.76 bits per heavy atom. The van der Waals surface area contributed by atoms with Gasteiger partial charge in [0, 0.05) is 33.1 Å². The van der Waals surface area contributed by atoms with Gasteiger partial charge in [-0.3, -0.25) is 0 Å². The fourth-order valence-electron chi connectivity index (χ4n) is 2.23. The van der Waals surface area contributed by atoms with Crippen molar-refractivity contribution >= 4 is 35.0 Å². The number of rotatable bonds is 3. The molecule has 0 spiro atoms. The molecule has 1 aromatic rings. The first-order valence-electron chi connectivity index (χ1n) is 5.89. The third kappa shape index (κ3) is 3.54. The van der Waals surface area contributed by atoms with Crippen LogP contribution < -0.4 is 5.32 Å². The van der Waals surface area contributed by atoms with Crippen LogP contribution in [0.25, 0.3) is 0 Å². The lowest BCUT2D eigenvalue weighted by Gasteiger charge is -2.20. The van der Waals surface area contributed by atoms with Crippen LogP contribution in [0.5, 0.6) is 0 Å². The maximum atomic E-state index is 6.21. The average molecular weight is 290 g/mol. The fourth-order valence-corrected chi connectivity index (χ4v) is 3.96. The molecular weight excluding hydrogens is 273 g/mol. The van der Waals surface area contributed by atoms with Crippen LogP contribution in [-0.2, 0) is 0 Å². The average Bonchev–Trinajstić information content (AvgIpc) is 2.63. The zero-order valence-corrected chi connectivity index (χ0v) is 12.4. The lowest BCUT2D eigenvalue weighted by atomic mass is 10.1. The van der Waals surface area contributed by atoms with Crippen LogP contribution in [0.3, 0.4) is 0 Å². The molecule has 3 atom stereocenters. The highest BCUT2D eigenvalue weighted by atomic mass is 35.5. The molecule has 0 saturated carbocycles. The van der Waals surface area contributed by atoms with Crippen molar-refractivity contribution in [1.82, 2.24) is 5.32 Å². The predicted octanol–water partition coefficient (Wildman–Crippen LogP) is 4.54. The van der Waals surface area contributed by atoms with Gasteiger partial charge in [-0.15, -0.1) is 0 Å². The van der Waals surface area contributed by atoms with E-state index in [-0.39, 0.29) is 6.04 Å². The van der Waals surface area contributed by atoms with Gasteiger partial charge in [0.15, 0.2) is 0 Å². The molecule has 0 bridgehead atoms. The standard InChI is InChI=1S/C13H17Cl2NS/c1-8-5-11(7-17-8)16-9(2)12-4-3-10(14)6-13(12)15/h3-4,6,8-9,11,16H,5,7H2,1-2H3. The number of thioether (sulfide) groups is 1. The Morgan fingerprint density at radius 2 is 2.18 bits per heavy atom. The van der Waals surface area contributed by atoms with E-state index in [2.05, 4.69) is 19.2 Å². The topological polar surface area (TPSA) is 12.0 Å². The van der Waals surface area contributed by atoms with E-state index in [9.17, 15) is 0 Å². The lowest BCUT2D eigenvalue weighted by molar-refractivity contribution is 0.474. The zero-order valence-electron chi connectivity index (χ0n) is 10.0. The molecule has 0 radical (unpaired) electrons. The minimum atomic E-state index is 0.274. The van der Waals surface area contributed by atoms with E-state index < -0.39 is 0 Å². The molecule has 1 N–H and O–H groups in total. The first-order valence-corrected chi connectivity index (χ1v) is 7.69. The first-order chi connectivity index (χ1) is 8.06. The second-order valence-corrected chi connectivity index (χ2v) is 6.95. The van der Waals surface area contributed by atoms with Crippen molar-refractivity contribution in [1.29, 1.82) is 0 Å². The van der Waals surface area contributed by atoms with E-state index in [1.165, 1.54) is 12.2 Å². The Labute approximate surface area is 117 Å². The van der Waals surface area contributed by atoms with Gasteiger partial charge in [-0.25, -0.2) is 0 Å². The molecule has 1 saturated heterocycles. The Morgan fingerprint density at radius 1 is 1.41 bits per heavy atom. The summed E-state index contributed by atoms with van der Waals surface area (Å²) >= 11 is 14.1. The Balaban J connectivity index is 2.01. The number of benzene rings is 1. The molecule has 1 nitrogen and oxygen atoms in total. The smallest absolute Gasteiger partial charge is 0.0468 e. The largest absolute Gasteiger partial charge is 0.307 e. The molecule has 17 heavy (non-hydrogen) atoms. The molecule has 2 rings (SSSR count). The third-order valence-corrected chi connectivity index (χ3v) is 5.03. The number of hydrogen-bond donors (Lipinski definition) is 1. The summed E-state index contributed by atoms with van der Waals surface area (Å²) in [4.78, 5) is 0. The minimum Gasteiger partial charge on any atom is -0.307 e. The van der Waals surface area contributed by atoms with Crippen LogP contribution in [-0.4, -0.2) is 17.0 Å². The lowest BCUT2D eigenvalue weighted by Crippen LogP contribution is -2.31. The highest BCUT2D eigenvalue weighted by Crippen LogP contribution is 2.30. The van der Waals surface area contributed by atoms with Crippen LogP contribution >= 0.6 is 35.0 Å². The minimum absolute atomic E-state index is 0.274. The summed E-state index contributed by atoms with van der Waals surface area (Å²) in [7, 11) is 0. The second-order valence-electron chi connectivity index (χ2n) is 4.63. The van der Waals surface area contributed by atoms with Gasteiger partial charge in [-0.2, -0.15) is 11.8 Å². The maximum Gasteiger partial charge on any atom is 0.0468 e. The summed E-state index contributed by atoms with van der Waals surface area (Å²) in [6.45, 7) is 4.44. The summed E-state index contributed by atoms with van der Waals surface area (Å²) in [6, 6.07) is 6.58. The van der Waals surface area contributed by atoms with Crippen molar-refractivity contribution in [3.05, 3.63) is 33.8 Å². The fraction of sp³-hybridized carbons (Fsp3) is 0.538. The molecule has 94 valence electrons. The second kappa shape index (κ2) is 5.83. The van der Waals surface area contributed by atoms with Crippen molar-refractivity contribution in [3.63, 3.8) is 0 Å². The van der Waals surface area contributed by atoms with Gasteiger partial charge in [0.2, 0.25) is 0 Å². The SMILES string of the molecule is CC1CC(NC(C)c2ccc(Cl)cc2Cl)CS1. The summed E-state index contributed by atoms with van der Waals surface area (Å²) < 4.78 is 0. The zero-order chi connectivity index (χ0) is 12.4. The van der Waals surface area contributed by atoms with Crippen LogP contribution in [0.4, 0.5) is 0 Å². The van der Waals surface area contributed by atoms with E-state index in [0.29, 0.717) is 11.1 Å². The molecule has 1 heterocycles. The summed E-state index contributed by atoms with van der Waals surface area (Å²) in [5.41, 5.74) is 1.13. The summed E-state index contributed by atoms with van der Waals surface area (Å²) in [5.74, 6) is 1.19. The van der Waals surface area contributed by atoms with Gasteiger partial charge in [0.25, 0.3) is 0 Å². The molecule has 1 aromatic carbocycles. The van der Waals surface area contributed by atoms with Crippen molar-refractivity contribution in [2.75, 3.05) is 5.75 Å². The molecule has 1 aliphatic heterocycles. The quantitative estimate of drug-likeness (QED) is 0.877. The Hall–Kier alpha value is 0.110.